The van der Waals surface area contributed by atoms with Crippen LogP contribution in [0.1, 0.15) is 29.4 Å². The average molecular weight is 398 g/mol. The topological polar surface area (TPSA) is 56.2 Å². The zero-order valence-corrected chi connectivity index (χ0v) is 17.0. The summed E-state index contributed by atoms with van der Waals surface area (Å²) in [4.78, 5) is 12.4. The summed E-state index contributed by atoms with van der Waals surface area (Å²) in [6.07, 6.45) is -0.626. The van der Waals surface area contributed by atoms with Gasteiger partial charge in [0.15, 0.2) is 6.10 Å². The molecule has 0 aliphatic carbocycles. The predicted molar refractivity (Wildman–Crippen MR) is 111 cm³/mol. The average Bonchev–Trinajstić information content (AvgIpc) is 2.93. The van der Waals surface area contributed by atoms with Gasteiger partial charge in [-0.3, -0.25) is 9.48 Å². The number of amides is 1. The molecule has 0 fully saturated rings. The van der Waals surface area contributed by atoms with Gasteiger partial charge in [-0.2, -0.15) is 5.10 Å². The van der Waals surface area contributed by atoms with Crippen molar-refractivity contribution in [2.45, 2.75) is 40.0 Å². The van der Waals surface area contributed by atoms with Crippen molar-refractivity contribution in [3.05, 3.63) is 82.1 Å². The van der Waals surface area contributed by atoms with E-state index in [9.17, 15) is 4.79 Å². The second-order valence-electron chi connectivity index (χ2n) is 6.73. The molecule has 146 valence electrons. The van der Waals surface area contributed by atoms with Gasteiger partial charge in [0.1, 0.15) is 5.75 Å². The minimum absolute atomic E-state index is 0.186. The van der Waals surface area contributed by atoms with Gasteiger partial charge in [0.25, 0.3) is 5.91 Å². The molecule has 0 saturated carbocycles. The number of aryl methyl sites for hydroxylation is 1. The van der Waals surface area contributed by atoms with E-state index < -0.39 is 6.10 Å². The van der Waals surface area contributed by atoms with Crippen LogP contribution in [0.2, 0.25) is 5.02 Å². The van der Waals surface area contributed by atoms with Gasteiger partial charge < -0.3 is 10.1 Å². The number of aromatic nitrogens is 2. The largest absolute Gasteiger partial charge is 0.481 e. The molecule has 1 N–H and O–H groups in total. The lowest BCUT2D eigenvalue weighted by Gasteiger charge is -2.15. The summed E-state index contributed by atoms with van der Waals surface area (Å²) in [6, 6.07) is 17.2. The summed E-state index contributed by atoms with van der Waals surface area (Å²) in [5.74, 6) is 0.382. The Kier molecular flexibility index (Phi) is 6.37. The Bertz CT molecular complexity index is 954. The van der Waals surface area contributed by atoms with Crippen LogP contribution in [0.15, 0.2) is 54.6 Å². The highest BCUT2D eigenvalue weighted by atomic mass is 35.5. The summed E-state index contributed by atoms with van der Waals surface area (Å²) in [5.41, 5.74) is 4.17. The number of rotatable bonds is 7. The molecule has 0 spiro atoms. The minimum Gasteiger partial charge on any atom is -0.481 e. The van der Waals surface area contributed by atoms with Crippen LogP contribution < -0.4 is 10.1 Å². The Morgan fingerprint density at radius 3 is 2.64 bits per heavy atom. The van der Waals surface area contributed by atoms with Gasteiger partial charge in [-0.05, 0) is 44.5 Å². The lowest BCUT2D eigenvalue weighted by Crippen LogP contribution is -2.36. The van der Waals surface area contributed by atoms with Crippen LogP contribution in [0.3, 0.4) is 0 Å². The molecule has 0 radical (unpaired) electrons. The number of ether oxygens (including phenoxy) is 1. The van der Waals surface area contributed by atoms with E-state index in [0.717, 1.165) is 17.0 Å². The van der Waals surface area contributed by atoms with E-state index in [4.69, 9.17) is 16.3 Å². The molecule has 6 heteroatoms. The van der Waals surface area contributed by atoms with Crippen LogP contribution >= 0.6 is 11.6 Å². The lowest BCUT2D eigenvalue weighted by atomic mass is 10.2. The molecule has 0 bridgehead atoms. The summed E-state index contributed by atoms with van der Waals surface area (Å²) >= 11 is 5.95. The normalized spacial score (nSPS) is 11.9. The summed E-state index contributed by atoms with van der Waals surface area (Å²) in [7, 11) is 0. The highest BCUT2D eigenvalue weighted by Gasteiger charge is 2.17. The molecule has 1 unspecified atom stereocenters. The van der Waals surface area contributed by atoms with Crippen molar-refractivity contribution in [3.8, 4) is 5.75 Å². The number of nitrogens with zero attached hydrogens (tertiary/aromatic N) is 2. The van der Waals surface area contributed by atoms with Gasteiger partial charge in [0, 0.05) is 22.8 Å². The monoisotopic (exact) mass is 397 g/mol. The molecular weight excluding hydrogens is 374 g/mol. The quantitative estimate of drug-likeness (QED) is 0.647. The molecule has 0 saturated heterocycles. The van der Waals surface area contributed by atoms with Crippen LogP contribution in [0.5, 0.6) is 5.75 Å². The Morgan fingerprint density at radius 1 is 1.18 bits per heavy atom. The van der Waals surface area contributed by atoms with Crippen LogP contribution in [-0.2, 0) is 17.9 Å². The maximum absolute atomic E-state index is 12.4. The van der Waals surface area contributed by atoms with Crippen molar-refractivity contribution < 1.29 is 9.53 Å². The summed E-state index contributed by atoms with van der Waals surface area (Å²) in [5, 5.41) is 8.14. The van der Waals surface area contributed by atoms with Gasteiger partial charge in [-0.1, -0.05) is 48.0 Å². The van der Waals surface area contributed by atoms with Gasteiger partial charge in [-0.15, -0.1) is 0 Å². The SMILES string of the molecule is Cc1nn(Cc2ccccc2)c(C)c1CNC(=O)C(C)Oc1cccc(Cl)c1. The standard InChI is InChI=1S/C22H24ClN3O2/c1-15-21(16(2)26(25-15)14-18-8-5-4-6-9-18)13-24-22(27)17(3)28-20-11-7-10-19(23)12-20/h4-12,17H,13-14H2,1-3H3,(H,24,27). The van der Waals surface area contributed by atoms with Crippen LogP contribution in [0.4, 0.5) is 0 Å². The van der Waals surface area contributed by atoms with Crippen LogP contribution in [0, 0.1) is 13.8 Å². The first-order chi connectivity index (χ1) is 13.4. The summed E-state index contributed by atoms with van der Waals surface area (Å²) < 4.78 is 7.64. The molecule has 5 nitrogen and oxygen atoms in total. The predicted octanol–water partition coefficient (Wildman–Crippen LogP) is 4.29. The van der Waals surface area contributed by atoms with Crippen LogP contribution in [0.25, 0.3) is 0 Å². The first kappa shape index (κ1) is 20.0. The van der Waals surface area contributed by atoms with Crippen molar-refractivity contribution in [1.29, 1.82) is 0 Å². The Labute approximate surface area is 170 Å². The number of nitrogens with one attached hydrogen (secondary N) is 1. The second-order valence-corrected chi connectivity index (χ2v) is 7.16. The first-order valence-electron chi connectivity index (χ1n) is 9.21. The van der Waals surface area contributed by atoms with E-state index in [1.807, 2.05) is 36.7 Å². The third-order valence-electron chi connectivity index (χ3n) is 4.62. The molecule has 3 aromatic rings. The van der Waals surface area contributed by atoms with Crippen molar-refractivity contribution in [2.24, 2.45) is 0 Å². The Morgan fingerprint density at radius 2 is 1.93 bits per heavy atom. The number of carbonyl (C=O) groups excluding carboxylic acids is 1. The van der Waals surface area contributed by atoms with Crippen molar-refractivity contribution in [2.75, 3.05) is 0 Å². The molecule has 1 aromatic heterocycles. The fraction of sp³-hybridized carbons (Fsp3) is 0.273. The molecule has 0 aliphatic rings. The van der Waals surface area contributed by atoms with E-state index in [1.165, 1.54) is 5.56 Å². The molecular formula is C22H24ClN3O2. The third kappa shape index (κ3) is 4.93. The van der Waals surface area contributed by atoms with Gasteiger partial charge in [0.05, 0.1) is 12.2 Å². The van der Waals surface area contributed by atoms with Crippen molar-refractivity contribution in [1.82, 2.24) is 15.1 Å². The Balaban J connectivity index is 1.61. The first-order valence-corrected chi connectivity index (χ1v) is 9.58. The molecule has 1 atom stereocenters. The molecule has 0 aliphatic heterocycles. The van der Waals surface area contributed by atoms with E-state index in [0.29, 0.717) is 23.9 Å². The molecule has 2 aromatic carbocycles. The molecule has 1 amide bonds. The van der Waals surface area contributed by atoms with E-state index in [-0.39, 0.29) is 5.91 Å². The number of hydrogen-bond acceptors (Lipinski definition) is 3. The molecule has 3 rings (SSSR count). The Hall–Kier alpha value is -2.79. The molecule has 1 heterocycles. The summed E-state index contributed by atoms with van der Waals surface area (Å²) in [6.45, 7) is 6.82. The maximum atomic E-state index is 12.4. The van der Waals surface area contributed by atoms with E-state index >= 15 is 0 Å². The zero-order chi connectivity index (χ0) is 20.1. The van der Waals surface area contributed by atoms with Gasteiger partial charge in [-0.25, -0.2) is 0 Å². The second kappa shape index (κ2) is 8.93. The number of halogens is 1. The number of hydrogen-bond donors (Lipinski definition) is 1. The smallest absolute Gasteiger partial charge is 0.261 e. The molecule has 28 heavy (non-hydrogen) atoms. The van der Waals surface area contributed by atoms with E-state index in [1.54, 1.807) is 31.2 Å². The van der Waals surface area contributed by atoms with Crippen molar-refractivity contribution in [3.63, 3.8) is 0 Å². The lowest BCUT2D eigenvalue weighted by molar-refractivity contribution is -0.127. The third-order valence-corrected chi connectivity index (χ3v) is 4.86. The van der Waals surface area contributed by atoms with Gasteiger partial charge >= 0.3 is 0 Å². The van der Waals surface area contributed by atoms with Crippen molar-refractivity contribution >= 4 is 17.5 Å². The van der Waals surface area contributed by atoms with E-state index in [2.05, 4.69) is 22.5 Å². The highest BCUT2D eigenvalue weighted by Crippen LogP contribution is 2.19. The maximum Gasteiger partial charge on any atom is 0.261 e. The van der Waals surface area contributed by atoms with Crippen LogP contribution in [-0.4, -0.2) is 21.8 Å². The fourth-order valence-electron chi connectivity index (χ4n) is 3.02. The number of benzene rings is 2. The zero-order valence-electron chi connectivity index (χ0n) is 16.3. The van der Waals surface area contributed by atoms with Gasteiger partial charge in [0.2, 0.25) is 0 Å². The minimum atomic E-state index is -0.626. The highest BCUT2D eigenvalue weighted by molar-refractivity contribution is 6.30. The fourth-order valence-corrected chi connectivity index (χ4v) is 3.20. The number of carbonyl (C=O) groups is 1.